The predicted molar refractivity (Wildman–Crippen MR) is 63.8 cm³/mol. The van der Waals surface area contributed by atoms with Crippen LogP contribution in [0.5, 0.6) is 0 Å². The average molecular weight is 267 g/mol. The molecule has 0 saturated carbocycles. The highest BCUT2D eigenvalue weighted by Gasteiger charge is 2.39. The van der Waals surface area contributed by atoms with E-state index in [1.165, 1.54) is 13.8 Å². The quantitative estimate of drug-likeness (QED) is 0.556. The van der Waals surface area contributed by atoms with Crippen molar-refractivity contribution in [3.63, 3.8) is 0 Å². The minimum Gasteiger partial charge on any atom is -0.370 e. The van der Waals surface area contributed by atoms with Gasteiger partial charge in [0.2, 0.25) is 0 Å². The molecular formula is C10H21NO5S. The van der Waals surface area contributed by atoms with Crippen LogP contribution in [0.15, 0.2) is 0 Å². The Hall–Kier alpha value is -0.660. The summed E-state index contributed by atoms with van der Waals surface area (Å²) in [5, 5.41) is 0. The van der Waals surface area contributed by atoms with Gasteiger partial charge in [0.15, 0.2) is 0 Å². The molecule has 102 valence electrons. The molecular weight excluding hydrogens is 246 g/mol. The maximum atomic E-state index is 11.1. The average Bonchev–Trinajstić information content (AvgIpc) is 2.10. The fraction of sp³-hybridized carbons (Fsp3) is 0.900. The van der Waals surface area contributed by atoms with E-state index in [1.54, 1.807) is 20.8 Å². The zero-order valence-corrected chi connectivity index (χ0v) is 11.7. The molecule has 0 saturated heterocycles. The highest BCUT2D eigenvalue weighted by Crippen LogP contribution is 2.26. The van der Waals surface area contributed by atoms with Crippen LogP contribution in [0.25, 0.3) is 0 Å². The number of hydrogen-bond donors (Lipinski definition) is 2. The number of hydrogen-bond acceptors (Lipinski definition) is 5. The van der Waals surface area contributed by atoms with Crippen LogP contribution in [-0.2, 0) is 19.8 Å². The van der Waals surface area contributed by atoms with Gasteiger partial charge in [0.1, 0.15) is 0 Å². The van der Waals surface area contributed by atoms with Crippen molar-refractivity contribution in [2.24, 2.45) is 0 Å². The summed E-state index contributed by atoms with van der Waals surface area (Å²) in [6.07, 6.45) is 0.320. The number of rotatable bonds is 6. The van der Waals surface area contributed by atoms with Crippen LogP contribution in [-0.4, -0.2) is 29.2 Å². The fourth-order valence-corrected chi connectivity index (χ4v) is 2.00. The van der Waals surface area contributed by atoms with Crippen molar-refractivity contribution in [2.75, 3.05) is 0 Å². The molecule has 0 aromatic carbocycles. The first-order valence-electron chi connectivity index (χ1n) is 5.35. The van der Waals surface area contributed by atoms with Crippen LogP contribution < -0.4 is 5.48 Å². The Labute approximate surface area is 102 Å². The van der Waals surface area contributed by atoms with Gasteiger partial charge in [-0.05, 0) is 34.1 Å². The molecule has 17 heavy (non-hydrogen) atoms. The zero-order chi connectivity index (χ0) is 13.9. The molecule has 0 unspecified atom stereocenters. The summed E-state index contributed by atoms with van der Waals surface area (Å²) >= 11 is 0. The summed E-state index contributed by atoms with van der Waals surface area (Å²) in [5.74, 6) is -0.428. The molecule has 0 aliphatic carbocycles. The van der Waals surface area contributed by atoms with Gasteiger partial charge in [-0.25, -0.2) is 0 Å². The minimum absolute atomic E-state index is 0.0931. The Morgan fingerprint density at radius 1 is 1.29 bits per heavy atom. The second-order valence-electron chi connectivity index (χ2n) is 5.23. The van der Waals surface area contributed by atoms with Crippen LogP contribution in [0, 0.1) is 0 Å². The van der Waals surface area contributed by atoms with Gasteiger partial charge in [-0.3, -0.25) is 9.35 Å². The van der Waals surface area contributed by atoms with Crippen molar-refractivity contribution >= 4 is 16.1 Å². The predicted octanol–water partition coefficient (Wildman–Crippen LogP) is 1.28. The van der Waals surface area contributed by atoms with E-state index in [1.807, 2.05) is 0 Å². The number of hydroxylamine groups is 1. The number of carbonyl (C=O) groups excluding carboxylic acids is 1. The molecule has 0 rings (SSSR count). The van der Waals surface area contributed by atoms with Gasteiger partial charge in [-0.1, -0.05) is 6.92 Å². The Bertz CT molecular complexity index is 372. The van der Waals surface area contributed by atoms with E-state index < -0.39 is 26.4 Å². The van der Waals surface area contributed by atoms with Crippen LogP contribution >= 0.6 is 0 Å². The summed E-state index contributed by atoms with van der Waals surface area (Å²) in [4.78, 5) is 15.7. The SMILES string of the molecule is CCC(=O)ONC(C)(C)CC(C)(C)S(=O)(=O)O. The standard InChI is InChI=1S/C10H21NO5S/c1-6-8(12)16-11-9(2,3)7-10(4,5)17(13,14)15/h11H,6-7H2,1-5H3,(H,13,14,15). The molecule has 0 heterocycles. The van der Waals surface area contributed by atoms with Crippen molar-refractivity contribution < 1.29 is 22.6 Å². The lowest BCUT2D eigenvalue weighted by Crippen LogP contribution is -2.48. The van der Waals surface area contributed by atoms with Gasteiger partial charge in [-0.15, -0.1) is 5.48 Å². The van der Waals surface area contributed by atoms with Gasteiger partial charge < -0.3 is 4.84 Å². The molecule has 0 amide bonds. The Balaban J connectivity index is 4.60. The van der Waals surface area contributed by atoms with Gasteiger partial charge in [-0.2, -0.15) is 8.42 Å². The number of carbonyl (C=O) groups is 1. The monoisotopic (exact) mass is 267 g/mol. The van der Waals surface area contributed by atoms with Crippen LogP contribution in [0.3, 0.4) is 0 Å². The molecule has 0 aliphatic heterocycles. The van der Waals surface area contributed by atoms with E-state index in [9.17, 15) is 13.2 Å². The molecule has 6 nitrogen and oxygen atoms in total. The summed E-state index contributed by atoms with van der Waals surface area (Å²) in [6.45, 7) is 7.84. The van der Waals surface area contributed by atoms with E-state index in [-0.39, 0.29) is 12.8 Å². The third-order valence-electron chi connectivity index (χ3n) is 2.30. The minimum atomic E-state index is -4.16. The van der Waals surface area contributed by atoms with Crippen molar-refractivity contribution in [1.29, 1.82) is 0 Å². The smallest absolute Gasteiger partial charge is 0.324 e. The lowest BCUT2D eigenvalue weighted by Gasteiger charge is -2.32. The molecule has 0 spiro atoms. The zero-order valence-electron chi connectivity index (χ0n) is 10.9. The summed E-state index contributed by atoms with van der Waals surface area (Å²) in [7, 11) is -4.16. The normalized spacial score (nSPS) is 13.5. The first-order chi connectivity index (χ1) is 7.41. The Morgan fingerprint density at radius 3 is 2.12 bits per heavy atom. The van der Waals surface area contributed by atoms with E-state index in [0.29, 0.717) is 0 Å². The lowest BCUT2D eigenvalue weighted by atomic mass is 9.93. The van der Waals surface area contributed by atoms with E-state index in [0.717, 1.165) is 0 Å². The first kappa shape index (κ1) is 16.3. The molecule has 0 aliphatic rings. The summed E-state index contributed by atoms with van der Waals surface area (Å²) in [5.41, 5.74) is 1.75. The molecule has 0 bridgehead atoms. The number of nitrogens with one attached hydrogen (secondary N) is 1. The largest absolute Gasteiger partial charge is 0.370 e. The highest BCUT2D eigenvalue weighted by atomic mass is 32.2. The maximum absolute atomic E-state index is 11.1. The van der Waals surface area contributed by atoms with Crippen molar-refractivity contribution in [3.05, 3.63) is 0 Å². The topological polar surface area (TPSA) is 92.7 Å². The van der Waals surface area contributed by atoms with Crippen molar-refractivity contribution in [3.8, 4) is 0 Å². The van der Waals surface area contributed by atoms with Crippen LogP contribution in [0.1, 0.15) is 47.5 Å². The Morgan fingerprint density at radius 2 is 1.76 bits per heavy atom. The van der Waals surface area contributed by atoms with Crippen molar-refractivity contribution in [2.45, 2.75) is 57.7 Å². The lowest BCUT2D eigenvalue weighted by molar-refractivity contribution is -0.155. The summed E-state index contributed by atoms with van der Waals surface area (Å²) < 4.78 is 30.0. The molecule has 0 aromatic rings. The third kappa shape index (κ3) is 5.47. The van der Waals surface area contributed by atoms with Gasteiger partial charge in [0.25, 0.3) is 10.1 Å². The molecule has 0 radical (unpaired) electrons. The van der Waals surface area contributed by atoms with Crippen molar-refractivity contribution in [1.82, 2.24) is 5.48 Å². The second-order valence-corrected chi connectivity index (χ2v) is 7.28. The molecule has 0 aromatic heterocycles. The first-order valence-corrected chi connectivity index (χ1v) is 6.79. The van der Waals surface area contributed by atoms with Gasteiger partial charge in [0, 0.05) is 12.0 Å². The molecule has 0 atom stereocenters. The maximum Gasteiger partial charge on any atom is 0.324 e. The van der Waals surface area contributed by atoms with Gasteiger partial charge >= 0.3 is 5.97 Å². The Kier molecular flexibility index (Phi) is 5.12. The van der Waals surface area contributed by atoms with Gasteiger partial charge in [0.05, 0.1) is 4.75 Å². The highest BCUT2D eigenvalue weighted by molar-refractivity contribution is 7.87. The fourth-order valence-electron chi connectivity index (χ4n) is 1.46. The van der Waals surface area contributed by atoms with E-state index in [2.05, 4.69) is 5.48 Å². The van der Waals surface area contributed by atoms with Crippen LogP contribution in [0.2, 0.25) is 0 Å². The third-order valence-corrected chi connectivity index (χ3v) is 3.84. The second kappa shape index (κ2) is 5.32. The molecule has 0 fully saturated rings. The van der Waals surface area contributed by atoms with E-state index in [4.69, 9.17) is 9.39 Å². The summed E-state index contributed by atoms with van der Waals surface area (Å²) in [6, 6.07) is 0. The van der Waals surface area contributed by atoms with E-state index >= 15 is 0 Å². The molecule has 7 heteroatoms. The van der Waals surface area contributed by atoms with Crippen LogP contribution in [0.4, 0.5) is 0 Å². The molecule has 2 N–H and O–H groups in total.